The molecule has 1 aliphatic heterocycles. The predicted octanol–water partition coefficient (Wildman–Crippen LogP) is 4.84. The van der Waals surface area contributed by atoms with Crippen LogP contribution in [-0.4, -0.2) is 21.0 Å². The van der Waals surface area contributed by atoms with Crippen LogP contribution in [0.3, 0.4) is 0 Å². The molecule has 0 fully saturated rings. The average molecular weight is 344 g/mol. The van der Waals surface area contributed by atoms with Gasteiger partial charge in [-0.2, -0.15) is 0 Å². The van der Waals surface area contributed by atoms with Crippen LogP contribution in [-0.2, 0) is 13.1 Å². The highest BCUT2D eigenvalue weighted by Crippen LogP contribution is 2.32. The summed E-state index contributed by atoms with van der Waals surface area (Å²) in [6.07, 6.45) is 2.17. The number of rotatable bonds is 3. The summed E-state index contributed by atoms with van der Waals surface area (Å²) in [4.78, 5) is 7.29. The van der Waals surface area contributed by atoms with E-state index in [-0.39, 0.29) is 0 Å². The first-order valence-electron chi connectivity index (χ1n) is 7.81. The molecule has 0 bridgehead atoms. The van der Waals surface area contributed by atoms with E-state index in [0.29, 0.717) is 6.04 Å². The van der Waals surface area contributed by atoms with Gasteiger partial charge in [-0.05, 0) is 25.1 Å². The Hall–Kier alpha value is -1.62. The highest BCUT2D eigenvalue weighted by molar-refractivity contribution is 7.13. The third-order valence-electron chi connectivity index (χ3n) is 4.49. The van der Waals surface area contributed by atoms with Gasteiger partial charge in [0, 0.05) is 48.5 Å². The number of halogens is 1. The quantitative estimate of drug-likeness (QED) is 0.678. The second-order valence-corrected chi connectivity index (χ2v) is 7.16. The molecular weight excluding hydrogens is 326 g/mol. The molecule has 1 atom stereocenters. The van der Waals surface area contributed by atoms with E-state index in [1.807, 2.05) is 24.3 Å². The number of hydrogen-bond acceptors (Lipinski definition) is 3. The van der Waals surface area contributed by atoms with Gasteiger partial charge in [0.1, 0.15) is 5.01 Å². The first kappa shape index (κ1) is 14.9. The lowest BCUT2D eigenvalue weighted by Gasteiger charge is -2.34. The zero-order chi connectivity index (χ0) is 15.8. The van der Waals surface area contributed by atoms with E-state index in [4.69, 9.17) is 16.6 Å². The van der Waals surface area contributed by atoms with Crippen molar-refractivity contribution in [2.45, 2.75) is 26.1 Å². The number of benzene rings is 1. The van der Waals surface area contributed by atoms with E-state index in [0.717, 1.165) is 40.9 Å². The lowest BCUT2D eigenvalue weighted by Crippen LogP contribution is -2.35. The molecule has 0 spiro atoms. The van der Waals surface area contributed by atoms with Gasteiger partial charge < -0.3 is 4.57 Å². The Morgan fingerprint density at radius 3 is 2.96 bits per heavy atom. The van der Waals surface area contributed by atoms with Crippen LogP contribution in [0.15, 0.2) is 48.0 Å². The zero-order valence-corrected chi connectivity index (χ0v) is 14.5. The molecule has 1 aliphatic rings. The number of fused-ring (bicyclic) bond motifs is 1. The van der Waals surface area contributed by atoms with E-state index >= 15 is 0 Å². The maximum absolute atomic E-state index is 6.28. The Kier molecular flexibility index (Phi) is 3.97. The van der Waals surface area contributed by atoms with Gasteiger partial charge in [0.15, 0.2) is 0 Å². The van der Waals surface area contributed by atoms with Crippen molar-refractivity contribution in [3.8, 4) is 10.6 Å². The summed E-state index contributed by atoms with van der Waals surface area (Å²) in [5.74, 6) is 0. The normalized spacial score (nSPS) is 18.1. The molecule has 1 unspecified atom stereocenters. The summed E-state index contributed by atoms with van der Waals surface area (Å²) in [6, 6.07) is 12.7. The number of thiazole rings is 1. The van der Waals surface area contributed by atoms with Gasteiger partial charge >= 0.3 is 0 Å². The van der Waals surface area contributed by atoms with Crippen molar-refractivity contribution in [3.05, 3.63) is 64.4 Å². The summed E-state index contributed by atoms with van der Waals surface area (Å²) in [5, 5.41) is 3.91. The van der Waals surface area contributed by atoms with Crippen molar-refractivity contribution >= 4 is 22.9 Å². The second kappa shape index (κ2) is 6.11. The molecule has 4 rings (SSSR count). The third-order valence-corrected chi connectivity index (χ3v) is 5.74. The largest absolute Gasteiger partial charge is 0.349 e. The molecule has 3 aromatic rings. The highest BCUT2D eigenvalue weighted by atomic mass is 35.5. The SMILES string of the molecule is CC1c2cccn2CCN1Cc1csc(-c2ccccc2Cl)n1. The topological polar surface area (TPSA) is 21.1 Å². The van der Waals surface area contributed by atoms with Crippen molar-refractivity contribution in [1.29, 1.82) is 0 Å². The Labute approximate surface area is 145 Å². The van der Waals surface area contributed by atoms with E-state index < -0.39 is 0 Å². The standard InChI is InChI=1S/C18H18ClN3S/c1-13-17-7-4-8-21(17)9-10-22(13)11-14-12-23-18(20-14)15-5-2-3-6-16(15)19/h2-8,12-13H,9-11H2,1H3. The minimum Gasteiger partial charge on any atom is -0.349 e. The fourth-order valence-electron chi connectivity index (χ4n) is 3.19. The number of nitrogens with zero attached hydrogens (tertiary/aromatic N) is 3. The molecule has 0 N–H and O–H groups in total. The Balaban J connectivity index is 1.54. The van der Waals surface area contributed by atoms with Gasteiger partial charge in [0.25, 0.3) is 0 Å². The fraction of sp³-hybridized carbons (Fsp3) is 0.278. The van der Waals surface area contributed by atoms with Gasteiger partial charge in [-0.25, -0.2) is 4.98 Å². The molecule has 0 radical (unpaired) electrons. The predicted molar refractivity (Wildman–Crippen MR) is 95.8 cm³/mol. The van der Waals surface area contributed by atoms with Crippen molar-refractivity contribution < 1.29 is 0 Å². The molecule has 0 saturated heterocycles. The molecule has 2 aromatic heterocycles. The minimum absolute atomic E-state index is 0.421. The van der Waals surface area contributed by atoms with Crippen molar-refractivity contribution in [2.75, 3.05) is 6.54 Å². The molecular formula is C18H18ClN3S. The summed E-state index contributed by atoms with van der Waals surface area (Å²) >= 11 is 7.95. The van der Waals surface area contributed by atoms with Crippen LogP contribution in [0.25, 0.3) is 10.6 Å². The van der Waals surface area contributed by atoms with Crippen molar-refractivity contribution in [3.63, 3.8) is 0 Å². The molecule has 1 aromatic carbocycles. The van der Waals surface area contributed by atoms with Gasteiger partial charge in [-0.1, -0.05) is 29.8 Å². The summed E-state index contributed by atoms with van der Waals surface area (Å²) in [5.41, 5.74) is 3.53. The Morgan fingerprint density at radius 1 is 1.22 bits per heavy atom. The first-order valence-corrected chi connectivity index (χ1v) is 9.06. The van der Waals surface area contributed by atoms with E-state index in [9.17, 15) is 0 Å². The molecule has 3 nitrogen and oxygen atoms in total. The van der Waals surface area contributed by atoms with Gasteiger partial charge in [0.05, 0.1) is 10.7 Å². The molecule has 23 heavy (non-hydrogen) atoms. The molecule has 3 heterocycles. The van der Waals surface area contributed by atoms with Crippen LogP contribution < -0.4 is 0 Å². The van der Waals surface area contributed by atoms with Crippen molar-refractivity contribution in [1.82, 2.24) is 14.5 Å². The van der Waals surface area contributed by atoms with Gasteiger partial charge in [0.2, 0.25) is 0 Å². The van der Waals surface area contributed by atoms with Crippen LogP contribution in [0.5, 0.6) is 0 Å². The molecule has 0 saturated carbocycles. The summed E-state index contributed by atoms with van der Waals surface area (Å²) < 4.78 is 2.34. The molecule has 5 heteroatoms. The zero-order valence-electron chi connectivity index (χ0n) is 12.9. The Bertz CT molecular complexity index is 823. The minimum atomic E-state index is 0.421. The smallest absolute Gasteiger partial charge is 0.125 e. The third kappa shape index (κ3) is 2.82. The maximum atomic E-state index is 6.28. The maximum Gasteiger partial charge on any atom is 0.125 e. The van der Waals surface area contributed by atoms with Crippen LogP contribution in [0.1, 0.15) is 24.4 Å². The number of hydrogen-bond donors (Lipinski definition) is 0. The van der Waals surface area contributed by atoms with Crippen LogP contribution >= 0.6 is 22.9 Å². The lowest BCUT2D eigenvalue weighted by molar-refractivity contribution is 0.159. The second-order valence-electron chi connectivity index (χ2n) is 5.90. The summed E-state index contributed by atoms with van der Waals surface area (Å²) in [7, 11) is 0. The molecule has 0 amide bonds. The van der Waals surface area contributed by atoms with Crippen molar-refractivity contribution in [2.24, 2.45) is 0 Å². The number of aromatic nitrogens is 2. The van der Waals surface area contributed by atoms with Gasteiger partial charge in [-0.3, -0.25) is 4.90 Å². The monoisotopic (exact) mass is 343 g/mol. The van der Waals surface area contributed by atoms with Crippen LogP contribution in [0.4, 0.5) is 0 Å². The molecule has 0 aliphatic carbocycles. The highest BCUT2D eigenvalue weighted by Gasteiger charge is 2.24. The lowest BCUT2D eigenvalue weighted by atomic mass is 10.1. The van der Waals surface area contributed by atoms with E-state index in [1.165, 1.54) is 5.69 Å². The van der Waals surface area contributed by atoms with E-state index in [1.54, 1.807) is 11.3 Å². The van der Waals surface area contributed by atoms with Crippen LogP contribution in [0.2, 0.25) is 5.02 Å². The first-order chi connectivity index (χ1) is 11.2. The summed E-state index contributed by atoms with van der Waals surface area (Å²) in [6.45, 7) is 5.26. The van der Waals surface area contributed by atoms with Gasteiger partial charge in [-0.15, -0.1) is 11.3 Å². The van der Waals surface area contributed by atoms with Crippen LogP contribution in [0, 0.1) is 0 Å². The molecule has 118 valence electrons. The van der Waals surface area contributed by atoms with E-state index in [2.05, 4.69) is 40.1 Å². The Morgan fingerprint density at radius 2 is 2.09 bits per heavy atom. The average Bonchev–Trinajstić information content (AvgIpc) is 3.20. The fourth-order valence-corrected chi connectivity index (χ4v) is 4.32.